The van der Waals surface area contributed by atoms with Crippen LogP contribution < -0.4 is 5.32 Å². The van der Waals surface area contributed by atoms with Gasteiger partial charge in [-0.2, -0.15) is 11.3 Å². The van der Waals surface area contributed by atoms with Crippen molar-refractivity contribution in [3.63, 3.8) is 0 Å². The summed E-state index contributed by atoms with van der Waals surface area (Å²) in [6.45, 7) is 6.10. The molecule has 0 saturated carbocycles. The normalized spacial score (nSPS) is 16.8. The van der Waals surface area contributed by atoms with Gasteiger partial charge in [0, 0.05) is 49.9 Å². The molecule has 8 heteroatoms. The lowest BCUT2D eigenvalue weighted by Crippen LogP contribution is -2.48. The van der Waals surface area contributed by atoms with Crippen LogP contribution in [0.2, 0.25) is 0 Å². The van der Waals surface area contributed by atoms with Crippen molar-refractivity contribution < 1.29 is 9.72 Å². The number of piperazine rings is 1. The zero-order valence-electron chi connectivity index (χ0n) is 15.6. The van der Waals surface area contributed by atoms with Crippen molar-refractivity contribution in [3.8, 4) is 0 Å². The minimum atomic E-state index is -0.434. The van der Waals surface area contributed by atoms with E-state index in [9.17, 15) is 14.9 Å². The van der Waals surface area contributed by atoms with Gasteiger partial charge in [0.2, 0.25) is 0 Å². The highest BCUT2D eigenvalue weighted by Gasteiger charge is 2.25. The summed E-state index contributed by atoms with van der Waals surface area (Å²) in [7, 11) is 2.12. The number of nitro benzene ring substituents is 1. The lowest BCUT2D eigenvalue weighted by Gasteiger charge is -2.38. The zero-order valence-corrected chi connectivity index (χ0v) is 16.4. The molecule has 144 valence electrons. The molecule has 1 unspecified atom stereocenters. The average Bonchev–Trinajstić information content (AvgIpc) is 3.17. The third-order valence-corrected chi connectivity index (χ3v) is 5.72. The summed E-state index contributed by atoms with van der Waals surface area (Å²) in [6.07, 6.45) is 0. The Bertz CT molecular complexity index is 801. The smallest absolute Gasteiger partial charge is 0.272 e. The molecule has 1 atom stereocenters. The van der Waals surface area contributed by atoms with E-state index < -0.39 is 4.92 Å². The van der Waals surface area contributed by atoms with E-state index in [1.165, 1.54) is 17.7 Å². The number of nitro groups is 1. The molecule has 0 spiro atoms. The van der Waals surface area contributed by atoms with Crippen LogP contribution in [0.1, 0.15) is 27.5 Å². The standard InChI is InChI=1S/C19H24N4O3S/c1-14-11-15(3-4-17(14)23(25)26)19(24)20-12-18(16-5-10-27-13-16)22-8-6-21(2)7-9-22/h3-5,10-11,13,18H,6-9,12H2,1-2H3,(H,20,24). The summed E-state index contributed by atoms with van der Waals surface area (Å²) in [5.41, 5.74) is 2.17. The molecule has 1 aromatic carbocycles. The topological polar surface area (TPSA) is 78.7 Å². The molecule has 0 bridgehead atoms. The Morgan fingerprint density at radius 1 is 1.30 bits per heavy atom. The first-order valence-electron chi connectivity index (χ1n) is 8.93. The predicted octanol–water partition coefficient (Wildman–Crippen LogP) is 2.68. The number of hydrogen-bond donors (Lipinski definition) is 1. The number of benzene rings is 1. The second-order valence-electron chi connectivity index (χ2n) is 6.88. The van der Waals surface area contributed by atoms with Gasteiger partial charge in [-0.3, -0.25) is 19.8 Å². The minimum absolute atomic E-state index is 0.0279. The molecule has 1 aromatic heterocycles. The van der Waals surface area contributed by atoms with E-state index in [2.05, 4.69) is 39.0 Å². The number of likely N-dealkylation sites (N-methyl/N-ethyl adjacent to an activating group) is 1. The van der Waals surface area contributed by atoms with E-state index >= 15 is 0 Å². The monoisotopic (exact) mass is 388 g/mol. The lowest BCUT2D eigenvalue weighted by molar-refractivity contribution is -0.385. The molecule has 2 heterocycles. The Labute approximate surface area is 162 Å². The van der Waals surface area contributed by atoms with Gasteiger partial charge in [-0.05, 0) is 48.5 Å². The van der Waals surface area contributed by atoms with Gasteiger partial charge in [-0.15, -0.1) is 0 Å². The summed E-state index contributed by atoms with van der Waals surface area (Å²) in [5.74, 6) is -0.206. The molecular weight excluding hydrogens is 364 g/mol. The quantitative estimate of drug-likeness (QED) is 0.608. The summed E-state index contributed by atoms with van der Waals surface area (Å²) >= 11 is 1.66. The number of aryl methyl sites for hydroxylation is 1. The highest BCUT2D eigenvalue weighted by molar-refractivity contribution is 7.07. The second kappa shape index (κ2) is 8.60. The molecule has 3 rings (SSSR count). The summed E-state index contributed by atoms with van der Waals surface area (Å²) in [6, 6.07) is 6.71. The number of nitrogens with zero attached hydrogens (tertiary/aromatic N) is 3. The van der Waals surface area contributed by atoms with Crippen molar-refractivity contribution in [2.45, 2.75) is 13.0 Å². The van der Waals surface area contributed by atoms with Gasteiger partial charge in [0.05, 0.1) is 11.0 Å². The number of amides is 1. The van der Waals surface area contributed by atoms with Crippen LogP contribution >= 0.6 is 11.3 Å². The van der Waals surface area contributed by atoms with Crippen molar-refractivity contribution >= 4 is 22.9 Å². The van der Waals surface area contributed by atoms with Crippen molar-refractivity contribution in [1.29, 1.82) is 0 Å². The molecule has 1 fully saturated rings. The third-order valence-electron chi connectivity index (χ3n) is 5.02. The fourth-order valence-electron chi connectivity index (χ4n) is 3.35. The summed E-state index contributed by atoms with van der Waals surface area (Å²) in [5, 5.41) is 18.1. The first-order chi connectivity index (χ1) is 13.0. The van der Waals surface area contributed by atoms with Crippen LogP contribution in [0, 0.1) is 17.0 Å². The fraction of sp³-hybridized carbons (Fsp3) is 0.421. The highest BCUT2D eigenvalue weighted by atomic mass is 32.1. The maximum absolute atomic E-state index is 12.6. The SMILES string of the molecule is Cc1cc(C(=O)NCC(c2ccsc2)N2CCN(C)CC2)ccc1[N+](=O)[O-]. The fourth-order valence-corrected chi connectivity index (χ4v) is 4.06. The van der Waals surface area contributed by atoms with Gasteiger partial charge in [-0.1, -0.05) is 0 Å². The van der Waals surface area contributed by atoms with Gasteiger partial charge in [0.15, 0.2) is 0 Å². The number of nitrogens with one attached hydrogen (secondary N) is 1. The molecule has 27 heavy (non-hydrogen) atoms. The number of carbonyl (C=O) groups excluding carboxylic acids is 1. The zero-order chi connectivity index (χ0) is 19.4. The Morgan fingerprint density at radius 2 is 2.04 bits per heavy atom. The molecular formula is C19H24N4O3S. The van der Waals surface area contributed by atoms with Crippen LogP contribution in [0.3, 0.4) is 0 Å². The largest absolute Gasteiger partial charge is 0.350 e. The van der Waals surface area contributed by atoms with Crippen LogP contribution in [0.15, 0.2) is 35.0 Å². The highest BCUT2D eigenvalue weighted by Crippen LogP contribution is 2.24. The van der Waals surface area contributed by atoms with E-state index in [0.717, 1.165) is 26.2 Å². The molecule has 1 amide bonds. The molecule has 1 aliphatic heterocycles. The number of carbonyl (C=O) groups is 1. The lowest BCUT2D eigenvalue weighted by atomic mass is 10.1. The van der Waals surface area contributed by atoms with Crippen molar-refractivity contribution in [1.82, 2.24) is 15.1 Å². The van der Waals surface area contributed by atoms with E-state index in [-0.39, 0.29) is 17.6 Å². The second-order valence-corrected chi connectivity index (χ2v) is 7.66. The van der Waals surface area contributed by atoms with Gasteiger partial charge < -0.3 is 10.2 Å². The molecule has 2 aromatic rings. The van der Waals surface area contributed by atoms with Crippen LogP contribution in [0.25, 0.3) is 0 Å². The Hall–Kier alpha value is -2.29. The molecule has 0 aliphatic carbocycles. The third kappa shape index (κ3) is 4.71. The molecule has 0 radical (unpaired) electrons. The van der Waals surface area contributed by atoms with Gasteiger partial charge >= 0.3 is 0 Å². The first-order valence-corrected chi connectivity index (χ1v) is 9.88. The van der Waals surface area contributed by atoms with Crippen LogP contribution in [0.5, 0.6) is 0 Å². The number of rotatable bonds is 6. The maximum atomic E-state index is 12.6. The Morgan fingerprint density at radius 3 is 2.63 bits per heavy atom. The molecule has 7 nitrogen and oxygen atoms in total. The average molecular weight is 388 g/mol. The Kier molecular flexibility index (Phi) is 6.20. The Balaban J connectivity index is 1.69. The van der Waals surface area contributed by atoms with Gasteiger partial charge in [0.1, 0.15) is 0 Å². The maximum Gasteiger partial charge on any atom is 0.272 e. The number of hydrogen-bond acceptors (Lipinski definition) is 6. The van der Waals surface area contributed by atoms with Crippen molar-refractivity contribution in [2.75, 3.05) is 39.8 Å². The number of thiophene rings is 1. The molecule has 1 aliphatic rings. The predicted molar refractivity (Wildman–Crippen MR) is 106 cm³/mol. The van der Waals surface area contributed by atoms with Crippen molar-refractivity contribution in [3.05, 3.63) is 61.8 Å². The summed E-state index contributed by atoms with van der Waals surface area (Å²) in [4.78, 5) is 27.8. The van der Waals surface area contributed by atoms with Crippen LogP contribution in [-0.4, -0.2) is 60.4 Å². The van der Waals surface area contributed by atoms with E-state index in [1.807, 2.05) is 0 Å². The van der Waals surface area contributed by atoms with Crippen molar-refractivity contribution in [2.24, 2.45) is 0 Å². The van der Waals surface area contributed by atoms with Crippen LogP contribution in [-0.2, 0) is 0 Å². The first kappa shape index (κ1) is 19.5. The summed E-state index contributed by atoms with van der Waals surface area (Å²) < 4.78 is 0. The minimum Gasteiger partial charge on any atom is -0.350 e. The van der Waals surface area contributed by atoms with Gasteiger partial charge in [-0.25, -0.2) is 0 Å². The van der Waals surface area contributed by atoms with Crippen LogP contribution in [0.4, 0.5) is 5.69 Å². The van der Waals surface area contributed by atoms with E-state index in [1.54, 1.807) is 24.3 Å². The van der Waals surface area contributed by atoms with Gasteiger partial charge in [0.25, 0.3) is 11.6 Å². The van der Waals surface area contributed by atoms with E-state index in [4.69, 9.17) is 0 Å². The van der Waals surface area contributed by atoms with E-state index in [0.29, 0.717) is 17.7 Å². The molecule has 1 saturated heterocycles. The molecule has 1 N–H and O–H groups in total.